The van der Waals surface area contributed by atoms with Crippen molar-refractivity contribution in [2.24, 2.45) is 0 Å². The molecule has 2 heterocycles. The topological polar surface area (TPSA) is 74.0 Å². The summed E-state index contributed by atoms with van der Waals surface area (Å²) in [4.78, 5) is 19.5. The predicted molar refractivity (Wildman–Crippen MR) is 132 cm³/mol. The van der Waals surface area contributed by atoms with Gasteiger partial charge in [0.15, 0.2) is 0 Å². The molecule has 0 radical (unpaired) electrons. The van der Waals surface area contributed by atoms with Crippen molar-refractivity contribution in [3.05, 3.63) is 108 Å². The number of nitrogens with zero attached hydrogens (tertiary/aromatic N) is 4. The van der Waals surface area contributed by atoms with E-state index in [9.17, 15) is 4.79 Å². The molecule has 1 atom stereocenters. The normalized spacial score (nSPS) is 15.4. The molecule has 34 heavy (non-hydrogen) atoms. The second-order valence-corrected chi connectivity index (χ2v) is 8.42. The number of rotatable bonds is 7. The lowest BCUT2D eigenvalue weighted by atomic mass is 10.0. The van der Waals surface area contributed by atoms with E-state index in [1.165, 1.54) is 0 Å². The Labute approximate surface area is 199 Å². The number of aromatic nitrogens is 2. The van der Waals surface area contributed by atoms with Gasteiger partial charge in [0.25, 0.3) is 0 Å². The fourth-order valence-electron chi connectivity index (χ4n) is 4.43. The molecular formula is C28H25N5O. The van der Waals surface area contributed by atoms with Gasteiger partial charge in [-0.3, -0.25) is 4.79 Å². The third-order valence-electron chi connectivity index (χ3n) is 6.25. The molecule has 1 fully saturated rings. The van der Waals surface area contributed by atoms with Gasteiger partial charge in [-0.2, -0.15) is 5.26 Å². The molecule has 6 heteroatoms. The molecule has 1 saturated heterocycles. The second-order valence-electron chi connectivity index (χ2n) is 8.42. The van der Waals surface area contributed by atoms with E-state index in [2.05, 4.69) is 39.1 Å². The van der Waals surface area contributed by atoms with Crippen LogP contribution in [0.3, 0.4) is 0 Å². The van der Waals surface area contributed by atoms with E-state index in [4.69, 9.17) is 5.26 Å². The molecule has 1 aromatic heterocycles. The first-order valence-electron chi connectivity index (χ1n) is 11.4. The molecule has 168 valence electrons. The van der Waals surface area contributed by atoms with Gasteiger partial charge in [-0.1, -0.05) is 60.7 Å². The maximum Gasteiger partial charge on any atom is 0.244 e. The number of nitriles is 1. The summed E-state index contributed by atoms with van der Waals surface area (Å²) in [6.45, 7) is 1.91. The molecule has 0 spiro atoms. The van der Waals surface area contributed by atoms with Crippen LogP contribution in [-0.4, -0.2) is 28.0 Å². The van der Waals surface area contributed by atoms with Gasteiger partial charge in [-0.05, 0) is 35.7 Å². The molecule has 5 rings (SSSR count). The molecule has 1 aliphatic rings. The van der Waals surface area contributed by atoms with Crippen molar-refractivity contribution >= 4 is 11.6 Å². The number of hydrogen-bond donors (Lipinski definition) is 1. The number of amides is 1. The summed E-state index contributed by atoms with van der Waals surface area (Å²) in [5, 5.41) is 12.4. The Morgan fingerprint density at radius 1 is 1.00 bits per heavy atom. The van der Waals surface area contributed by atoms with Crippen LogP contribution in [0.25, 0.3) is 11.1 Å². The van der Waals surface area contributed by atoms with E-state index >= 15 is 0 Å². The minimum absolute atomic E-state index is 0.0986. The van der Waals surface area contributed by atoms with Gasteiger partial charge in [-0.15, -0.1) is 0 Å². The fourth-order valence-corrected chi connectivity index (χ4v) is 4.43. The Hall–Kier alpha value is -4.21. The van der Waals surface area contributed by atoms with Gasteiger partial charge in [0.2, 0.25) is 5.91 Å². The summed E-state index contributed by atoms with van der Waals surface area (Å²) in [5.74, 6) is 0.0986. The average molecular weight is 448 g/mol. The van der Waals surface area contributed by atoms with Crippen LogP contribution < -0.4 is 10.2 Å². The minimum atomic E-state index is -0.234. The zero-order valence-electron chi connectivity index (χ0n) is 18.8. The van der Waals surface area contributed by atoms with Crippen LogP contribution in [0.5, 0.6) is 0 Å². The Bertz CT molecular complexity index is 1320. The van der Waals surface area contributed by atoms with Crippen molar-refractivity contribution in [3.63, 3.8) is 0 Å². The standard InChI is InChI=1S/C28H25N5O/c29-16-21-10-12-22(13-11-21)19-32-20-30-17-24(32)18-31-26-14-15-33(28(26)34)27-9-5-4-8-25(27)23-6-2-1-3-7-23/h1-13,17,20,26,31H,14-15,18-19H2/t26-/m0/s1. The van der Waals surface area contributed by atoms with Crippen LogP contribution in [0.1, 0.15) is 23.2 Å². The van der Waals surface area contributed by atoms with E-state index in [1.807, 2.05) is 71.8 Å². The van der Waals surface area contributed by atoms with Gasteiger partial charge in [0.1, 0.15) is 0 Å². The Kier molecular flexibility index (Phi) is 6.19. The Balaban J connectivity index is 1.26. The van der Waals surface area contributed by atoms with Crippen LogP contribution >= 0.6 is 0 Å². The SMILES string of the molecule is N#Cc1ccc(Cn2cncc2CN[C@H]2CCN(c3ccccc3-c3ccccc3)C2=O)cc1. The van der Waals surface area contributed by atoms with Crippen LogP contribution in [0, 0.1) is 11.3 Å². The van der Waals surface area contributed by atoms with Gasteiger partial charge < -0.3 is 14.8 Å². The molecule has 1 aliphatic heterocycles. The van der Waals surface area contributed by atoms with Crippen molar-refractivity contribution in [1.82, 2.24) is 14.9 Å². The summed E-state index contributed by atoms with van der Waals surface area (Å²) >= 11 is 0. The number of carbonyl (C=O) groups excluding carboxylic acids is 1. The van der Waals surface area contributed by atoms with Crippen LogP contribution in [0.4, 0.5) is 5.69 Å². The maximum atomic E-state index is 13.3. The summed E-state index contributed by atoms with van der Waals surface area (Å²) in [5.41, 5.74) is 5.88. The van der Waals surface area contributed by atoms with Crippen LogP contribution in [0.2, 0.25) is 0 Å². The third kappa shape index (κ3) is 4.47. The summed E-state index contributed by atoms with van der Waals surface area (Å²) in [7, 11) is 0. The molecule has 1 N–H and O–H groups in total. The quantitative estimate of drug-likeness (QED) is 0.457. The predicted octanol–water partition coefficient (Wildman–Crippen LogP) is 4.37. The smallest absolute Gasteiger partial charge is 0.244 e. The van der Waals surface area contributed by atoms with Crippen molar-refractivity contribution in [3.8, 4) is 17.2 Å². The van der Waals surface area contributed by atoms with E-state index in [0.29, 0.717) is 25.2 Å². The summed E-state index contributed by atoms with van der Waals surface area (Å²) in [6, 6.07) is 27.7. The first-order valence-corrected chi connectivity index (χ1v) is 11.4. The molecule has 0 saturated carbocycles. The molecular weight excluding hydrogens is 422 g/mol. The average Bonchev–Trinajstić information content (AvgIpc) is 3.49. The second kappa shape index (κ2) is 9.74. The van der Waals surface area contributed by atoms with E-state index in [1.54, 1.807) is 6.33 Å². The Morgan fingerprint density at radius 2 is 1.76 bits per heavy atom. The number of anilines is 1. The lowest BCUT2D eigenvalue weighted by molar-refractivity contribution is -0.118. The number of imidazole rings is 1. The highest BCUT2D eigenvalue weighted by Crippen LogP contribution is 2.33. The van der Waals surface area contributed by atoms with Gasteiger partial charge in [0.05, 0.1) is 35.4 Å². The number of nitrogens with one attached hydrogen (secondary N) is 1. The number of carbonyl (C=O) groups is 1. The van der Waals surface area contributed by atoms with E-state index < -0.39 is 0 Å². The monoisotopic (exact) mass is 447 g/mol. The third-order valence-corrected chi connectivity index (χ3v) is 6.25. The highest BCUT2D eigenvalue weighted by Gasteiger charge is 2.33. The van der Waals surface area contributed by atoms with Crippen molar-refractivity contribution in [2.45, 2.75) is 25.6 Å². The number of benzene rings is 3. The van der Waals surface area contributed by atoms with E-state index in [0.717, 1.165) is 34.5 Å². The molecule has 6 nitrogen and oxygen atoms in total. The highest BCUT2D eigenvalue weighted by atomic mass is 16.2. The minimum Gasteiger partial charge on any atom is -0.329 e. The molecule has 0 aliphatic carbocycles. The lowest BCUT2D eigenvalue weighted by Gasteiger charge is -2.21. The zero-order chi connectivity index (χ0) is 23.3. The summed E-state index contributed by atoms with van der Waals surface area (Å²) < 4.78 is 2.07. The van der Waals surface area contributed by atoms with Crippen LogP contribution in [-0.2, 0) is 17.9 Å². The van der Waals surface area contributed by atoms with Crippen molar-refractivity contribution < 1.29 is 4.79 Å². The molecule has 3 aromatic carbocycles. The first-order chi connectivity index (χ1) is 16.7. The molecule has 4 aromatic rings. The first kappa shape index (κ1) is 21.6. The van der Waals surface area contributed by atoms with Gasteiger partial charge in [0, 0.05) is 31.4 Å². The maximum absolute atomic E-state index is 13.3. The number of hydrogen-bond acceptors (Lipinski definition) is 4. The fraction of sp³-hybridized carbons (Fsp3) is 0.179. The number of para-hydroxylation sites is 1. The van der Waals surface area contributed by atoms with Crippen molar-refractivity contribution in [1.29, 1.82) is 5.26 Å². The van der Waals surface area contributed by atoms with E-state index in [-0.39, 0.29) is 11.9 Å². The van der Waals surface area contributed by atoms with Gasteiger partial charge >= 0.3 is 0 Å². The van der Waals surface area contributed by atoms with Gasteiger partial charge in [-0.25, -0.2) is 4.98 Å². The highest BCUT2D eigenvalue weighted by molar-refractivity contribution is 6.02. The molecule has 0 unspecified atom stereocenters. The lowest BCUT2D eigenvalue weighted by Crippen LogP contribution is -2.38. The zero-order valence-corrected chi connectivity index (χ0v) is 18.8. The largest absolute Gasteiger partial charge is 0.329 e. The molecule has 0 bridgehead atoms. The van der Waals surface area contributed by atoms with Crippen LogP contribution in [0.15, 0.2) is 91.4 Å². The molecule has 1 amide bonds. The summed E-state index contributed by atoms with van der Waals surface area (Å²) in [6.07, 6.45) is 4.39. The Morgan fingerprint density at radius 3 is 2.56 bits per heavy atom. The van der Waals surface area contributed by atoms with Crippen molar-refractivity contribution in [2.75, 3.05) is 11.4 Å².